The SMILES string of the molecule is CCOC(=O)C1=C(N)N(c2ccc(Cl)cc2Cl)C2=C(C(=O)CC(C)(C)C2)C12C(=O)Nc1ccc(Cl)cc12. The van der Waals surface area contributed by atoms with Gasteiger partial charge in [-0.2, -0.15) is 0 Å². The molecule has 0 bridgehead atoms. The quantitative estimate of drug-likeness (QED) is 0.465. The van der Waals surface area contributed by atoms with Gasteiger partial charge in [-0.3, -0.25) is 14.5 Å². The predicted octanol–water partition coefficient (Wildman–Crippen LogP) is 5.73. The topological polar surface area (TPSA) is 102 Å². The number of carbonyl (C=O) groups excluding carboxylic acids is 3. The Kier molecular flexibility index (Phi) is 6.09. The molecule has 1 amide bonds. The van der Waals surface area contributed by atoms with Crippen molar-refractivity contribution in [2.24, 2.45) is 11.1 Å². The van der Waals surface area contributed by atoms with Gasteiger partial charge in [0.05, 0.1) is 17.3 Å². The number of nitrogens with zero attached hydrogens (tertiary/aromatic N) is 1. The number of allylic oxidation sites excluding steroid dienone is 1. The van der Waals surface area contributed by atoms with Crippen molar-refractivity contribution in [3.8, 4) is 0 Å². The zero-order valence-electron chi connectivity index (χ0n) is 20.4. The van der Waals surface area contributed by atoms with Crippen LogP contribution in [0.1, 0.15) is 39.2 Å². The Morgan fingerprint density at radius 2 is 1.76 bits per heavy atom. The summed E-state index contributed by atoms with van der Waals surface area (Å²) in [5.41, 5.74) is 6.22. The Hall–Kier alpha value is -3.00. The van der Waals surface area contributed by atoms with Crippen LogP contribution in [0.2, 0.25) is 15.1 Å². The largest absolute Gasteiger partial charge is 0.462 e. The minimum atomic E-state index is -1.84. The fourth-order valence-electron chi connectivity index (χ4n) is 5.65. The van der Waals surface area contributed by atoms with E-state index in [9.17, 15) is 14.4 Å². The van der Waals surface area contributed by atoms with Gasteiger partial charge in [-0.15, -0.1) is 0 Å². The van der Waals surface area contributed by atoms with Crippen molar-refractivity contribution in [2.75, 3.05) is 16.8 Å². The fourth-order valence-corrected chi connectivity index (χ4v) is 6.31. The van der Waals surface area contributed by atoms with Crippen LogP contribution in [-0.4, -0.2) is 24.3 Å². The maximum atomic E-state index is 14.0. The number of benzene rings is 2. The van der Waals surface area contributed by atoms with E-state index in [1.165, 1.54) is 0 Å². The van der Waals surface area contributed by atoms with Crippen LogP contribution in [0.3, 0.4) is 0 Å². The second-order valence-corrected chi connectivity index (χ2v) is 11.3. The summed E-state index contributed by atoms with van der Waals surface area (Å²) in [6.07, 6.45) is 0.545. The molecule has 2 heterocycles. The van der Waals surface area contributed by atoms with Crippen molar-refractivity contribution in [3.63, 3.8) is 0 Å². The molecule has 0 aromatic heterocycles. The molecule has 1 spiro atoms. The van der Waals surface area contributed by atoms with Crippen molar-refractivity contribution in [2.45, 2.75) is 39.0 Å². The second kappa shape index (κ2) is 8.79. The molecule has 37 heavy (non-hydrogen) atoms. The van der Waals surface area contributed by atoms with Crippen LogP contribution in [0, 0.1) is 5.41 Å². The van der Waals surface area contributed by atoms with Crippen molar-refractivity contribution in [1.82, 2.24) is 0 Å². The summed E-state index contributed by atoms with van der Waals surface area (Å²) in [7, 11) is 0. The standard InChI is InChI=1S/C27H24Cl3N3O4/c1-4-37-24(35)22-23(31)33(18-8-6-14(29)10-16(18)30)19-11-26(2,3)12-20(34)21(19)27(22)15-9-13(28)5-7-17(15)32-25(27)36/h5-10H,4,11-12,31H2,1-3H3,(H,32,36). The Labute approximate surface area is 229 Å². The van der Waals surface area contributed by atoms with Gasteiger partial charge in [-0.25, -0.2) is 4.79 Å². The third kappa shape index (κ3) is 3.75. The van der Waals surface area contributed by atoms with Crippen molar-refractivity contribution in [1.29, 1.82) is 0 Å². The van der Waals surface area contributed by atoms with Crippen LogP contribution in [0.15, 0.2) is 59.1 Å². The molecule has 5 rings (SSSR count). The van der Waals surface area contributed by atoms with E-state index in [1.807, 2.05) is 13.8 Å². The minimum absolute atomic E-state index is 0.0320. The minimum Gasteiger partial charge on any atom is -0.462 e. The summed E-state index contributed by atoms with van der Waals surface area (Å²) in [6.45, 7) is 5.60. The number of nitrogens with one attached hydrogen (secondary N) is 1. The number of hydrogen-bond acceptors (Lipinski definition) is 6. The number of fused-ring (bicyclic) bond motifs is 3. The smallest absolute Gasteiger partial charge is 0.339 e. The summed E-state index contributed by atoms with van der Waals surface area (Å²) < 4.78 is 5.42. The Morgan fingerprint density at radius 3 is 2.43 bits per heavy atom. The summed E-state index contributed by atoms with van der Waals surface area (Å²) >= 11 is 19.1. The molecular formula is C27H24Cl3N3O4. The highest BCUT2D eigenvalue weighted by molar-refractivity contribution is 6.36. The predicted molar refractivity (Wildman–Crippen MR) is 144 cm³/mol. The first kappa shape index (κ1) is 25.6. The molecule has 0 radical (unpaired) electrons. The van der Waals surface area contributed by atoms with Crippen molar-refractivity contribution in [3.05, 3.63) is 79.7 Å². The number of esters is 1. The van der Waals surface area contributed by atoms with Crippen molar-refractivity contribution >= 4 is 63.8 Å². The first-order valence-electron chi connectivity index (χ1n) is 11.7. The van der Waals surface area contributed by atoms with E-state index >= 15 is 0 Å². The summed E-state index contributed by atoms with van der Waals surface area (Å²) in [4.78, 5) is 43.3. The lowest BCUT2D eigenvalue weighted by Crippen LogP contribution is -2.54. The maximum Gasteiger partial charge on any atom is 0.339 e. The molecule has 2 aromatic rings. The number of Topliss-reactive ketones (excluding diaryl/α,β-unsaturated/α-hetero) is 1. The van der Waals surface area contributed by atoms with E-state index in [2.05, 4.69) is 5.32 Å². The van der Waals surface area contributed by atoms with E-state index in [4.69, 9.17) is 45.3 Å². The number of nitrogens with two attached hydrogens (primary N) is 1. The Morgan fingerprint density at radius 1 is 1.08 bits per heavy atom. The molecule has 7 nitrogen and oxygen atoms in total. The zero-order valence-corrected chi connectivity index (χ0v) is 22.6. The number of carbonyl (C=O) groups is 3. The molecule has 192 valence electrons. The lowest BCUT2D eigenvalue weighted by molar-refractivity contribution is -0.140. The van der Waals surface area contributed by atoms with Gasteiger partial charge in [0.2, 0.25) is 5.91 Å². The third-order valence-electron chi connectivity index (χ3n) is 6.97. The summed E-state index contributed by atoms with van der Waals surface area (Å²) in [6, 6.07) is 9.70. The van der Waals surface area contributed by atoms with Gasteiger partial charge in [0, 0.05) is 39.0 Å². The number of halogens is 3. The van der Waals surface area contributed by atoms with Crippen molar-refractivity contribution < 1.29 is 19.1 Å². The molecule has 3 aliphatic rings. The van der Waals surface area contributed by atoms with Gasteiger partial charge in [0.15, 0.2) is 5.78 Å². The highest BCUT2D eigenvalue weighted by Gasteiger charge is 2.63. The van der Waals surface area contributed by atoms with Crippen LogP contribution < -0.4 is 16.0 Å². The van der Waals surface area contributed by atoms with E-state index < -0.39 is 22.7 Å². The molecule has 1 aliphatic carbocycles. The maximum absolute atomic E-state index is 14.0. The lowest BCUT2D eigenvalue weighted by atomic mass is 9.60. The van der Waals surface area contributed by atoms with E-state index in [0.717, 1.165) is 0 Å². The Bertz CT molecular complexity index is 1460. The Balaban J connectivity index is 1.94. The zero-order chi connectivity index (χ0) is 26.9. The highest BCUT2D eigenvalue weighted by atomic mass is 35.5. The summed E-state index contributed by atoms with van der Waals surface area (Å²) in [5, 5.41) is 3.84. The average molecular weight is 561 g/mol. The number of anilines is 2. The van der Waals surface area contributed by atoms with Gasteiger partial charge in [0.1, 0.15) is 16.8 Å². The van der Waals surface area contributed by atoms with Gasteiger partial charge < -0.3 is 15.8 Å². The van der Waals surface area contributed by atoms with Gasteiger partial charge in [0.25, 0.3) is 0 Å². The van der Waals surface area contributed by atoms with Gasteiger partial charge >= 0.3 is 5.97 Å². The normalized spacial score (nSPS) is 22.3. The van der Waals surface area contributed by atoms with Crippen LogP contribution >= 0.6 is 34.8 Å². The monoisotopic (exact) mass is 559 g/mol. The molecule has 2 aromatic carbocycles. The van der Waals surface area contributed by atoms with E-state index in [-0.39, 0.29) is 40.8 Å². The number of ketones is 1. The molecule has 0 saturated carbocycles. The van der Waals surface area contributed by atoms with Crippen LogP contribution in [0.25, 0.3) is 0 Å². The van der Waals surface area contributed by atoms with Crippen LogP contribution in [-0.2, 0) is 24.5 Å². The molecule has 0 saturated heterocycles. The lowest BCUT2D eigenvalue weighted by Gasteiger charge is -2.47. The molecule has 10 heteroatoms. The van der Waals surface area contributed by atoms with Crippen LogP contribution in [0.5, 0.6) is 0 Å². The molecule has 1 unspecified atom stereocenters. The third-order valence-corrected chi connectivity index (χ3v) is 7.75. The van der Waals surface area contributed by atoms with E-state index in [0.29, 0.717) is 39.1 Å². The molecule has 3 N–H and O–H groups in total. The second-order valence-electron chi connectivity index (χ2n) is 10.1. The number of amides is 1. The van der Waals surface area contributed by atoms with Crippen LogP contribution in [0.4, 0.5) is 11.4 Å². The number of rotatable bonds is 3. The average Bonchev–Trinajstić information content (AvgIpc) is 3.05. The first-order valence-corrected chi connectivity index (χ1v) is 12.9. The summed E-state index contributed by atoms with van der Waals surface area (Å²) in [5.74, 6) is -1.73. The molecule has 0 fully saturated rings. The van der Waals surface area contributed by atoms with Gasteiger partial charge in [-0.1, -0.05) is 48.7 Å². The molecule has 2 aliphatic heterocycles. The number of hydrogen-bond donors (Lipinski definition) is 2. The first-order chi connectivity index (χ1) is 17.4. The fraction of sp³-hybridized carbons (Fsp3) is 0.296. The molecular weight excluding hydrogens is 537 g/mol. The molecule has 1 atom stereocenters. The van der Waals surface area contributed by atoms with E-state index in [1.54, 1.807) is 48.2 Å². The highest BCUT2D eigenvalue weighted by Crippen LogP contribution is 2.58. The van der Waals surface area contributed by atoms with Gasteiger partial charge in [-0.05, 0) is 55.2 Å². The number of ether oxygens (including phenoxy) is 1.